The molecule has 0 spiro atoms. The Morgan fingerprint density at radius 1 is 1.17 bits per heavy atom. The fraction of sp³-hybridized carbons (Fsp3) is 0.286. The topological polar surface area (TPSA) is 12.0 Å². The molecule has 0 fully saturated rings. The molecule has 0 radical (unpaired) electrons. The molecular formula is C14H16ClNS2. The van der Waals surface area contributed by atoms with Gasteiger partial charge in [0.25, 0.3) is 0 Å². The molecule has 96 valence electrons. The summed E-state index contributed by atoms with van der Waals surface area (Å²) >= 11 is 9.65. The van der Waals surface area contributed by atoms with Gasteiger partial charge in [0.15, 0.2) is 0 Å². The lowest BCUT2D eigenvalue weighted by atomic mass is 10.2. The molecule has 1 nitrogen and oxygen atoms in total. The van der Waals surface area contributed by atoms with Crippen molar-refractivity contribution in [3.05, 3.63) is 51.7 Å². The van der Waals surface area contributed by atoms with Crippen LogP contribution in [-0.4, -0.2) is 18.8 Å². The summed E-state index contributed by atoms with van der Waals surface area (Å²) < 4.78 is 0. The molecule has 18 heavy (non-hydrogen) atoms. The molecule has 0 saturated heterocycles. The second-order valence-corrected chi connectivity index (χ2v) is 6.23. The van der Waals surface area contributed by atoms with Crippen molar-refractivity contribution in [2.45, 2.75) is 11.3 Å². The Morgan fingerprint density at radius 2 is 2.06 bits per heavy atom. The zero-order valence-electron chi connectivity index (χ0n) is 10.1. The first kappa shape index (κ1) is 13.9. The summed E-state index contributed by atoms with van der Waals surface area (Å²) in [6.07, 6.45) is 1.11. The van der Waals surface area contributed by atoms with Crippen LogP contribution in [0.1, 0.15) is 5.56 Å². The van der Waals surface area contributed by atoms with Gasteiger partial charge in [-0.25, -0.2) is 0 Å². The van der Waals surface area contributed by atoms with Gasteiger partial charge in [-0.3, -0.25) is 0 Å². The van der Waals surface area contributed by atoms with Gasteiger partial charge in [0.05, 0.1) is 5.02 Å². The lowest BCUT2D eigenvalue weighted by Crippen LogP contribution is -2.19. The van der Waals surface area contributed by atoms with E-state index in [1.807, 2.05) is 18.2 Å². The molecule has 0 unspecified atom stereocenters. The summed E-state index contributed by atoms with van der Waals surface area (Å²) in [5.74, 6) is 1.05. The number of thioether (sulfide) groups is 1. The van der Waals surface area contributed by atoms with Crippen molar-refractivity contribution in [2.24, 2.45) is 0 Å². The SMILES string of the molecule is Clc1ccccc1SCCNCCc1ccsc1. The van der Waals surface area contributed by atoms with E-state index >= 15 is 0 Å². The van der Waals surface area contributed by atoms with Crippen molar-refractivity contribution in [1.29, 1.82) is 0 Å². The summed E-state index contributed by atoms with van der Waals surface area (Å²) in [6, 6.07) is 10.2. The number of benzene rings is 1. The van der Waals surface area contributed by atoms with Gasteiger partial charge < -0.3 is 5.32 Å². The molecule has 0 aliphatic carbocycles. The Hall–Kier alpha value is -0.480. The van der Waals surface area contributed by atoms with Crippen molar-refractivity contribution >= 4 is 34.7 Å². The van der Waals surface area contributed by atoms with E-state index in [9.17, 15) is 0 Å². The highest BCUT2D eigenvalue weighted by atomic mass is 35.5. The van der Waals surface area contributed by atoms with Gasteiger partial charge in [-0.15, -0.1) is 11.8 Å². The van der Waals surface area contributed by atoms with Crippen molar-refractivity contribution in [3.8, 4) is 0 Å². The Balaban J connectivity index is 1.58. The van der Waals surface area contributed by atoms with E-state index in [1.165, 1.54) is 10.5 Å². The van der Waals surface area contributed by atoms with Crippen LogP contribution in [0.5, 0.6) is 0 Å². The summed E-state index contributed by atoms with van der Waals surface area (Å²) in [5, 5.41) is 8.64. The number of thiophene rings is 1. The van der Waals surface area contributed by atoms with E-state index in [1.54, 1.807) is 23.1 Å². The van der Waals surface area contributed by atoms with Crippen LogP contribution in [0.3, 0.4) is 0 Å². The maximum Gasteiger partial charge on any atom is 0.0541 e. The maximum absolute atomic E-state index is 6.09. The summed E-state index contributed by atoms with van der Waals surface area (Å²) in [6.45, 7) is 2.06. The van der Waals surface area contributed by atoms with Gasteiger partial charge in [-0.05, 0) is 47.5 Å². The highest BCUT2D eigenvalue weighted by Gasteiger charge is 1.99. The molecule has 4 heteroatoms. The molecule has 1 aromatic carbocycles. The van der Waals surface area contributed by atoms with E-state index in [-0.39, 0.29) is 0 Å². The fourth-order valence-corrected chi connectivity index (χ4v) is 3.44. The average molecular weight is 298 g/mol. The minimum Gasteiger partial charge on any atom is -0.316 e. The predicted octanol–water partition coefficient (Wildman–Crippen LogP) is 4.33. The highest BCUT2D eigenvalue weighted by molar-refractivity contribution is 7.99. The van der Waals surface area contributed by atoms with Gasteiger partial charge in [-0.2, -0.15) is 11.3 Å². The van der Waals surface area contributed by atoms with Crippen LogP contribution in [0.15, 0.2) is 46.0 Å². The van der Waals surface area contributed by atoms with E-state index in [0.29, 0.717) is 0 Å². The molecule has 2 aromatic rings. The van der Waals surface area contributed by atoms with Crippen LogP contribution in [0.25, 0.3) is 0 Å². The van der Waals surface area contributed by atoms with Gasteiger partial charge >= 0.3 is 0 Å². The highest BCUT2D eigenvalue weighted by Crippen LogP contribution is 2.25. The zero-order chi connectivity index (χ0) is 12.6. The molecule has 0 aliphatic rings. The van der Waals surface area contributed by atoms with E-state index in [0.717, 1.165) is 30.3 Å². The number of halogens is 1. The first-order chi connectivity index (χ1) is 8.86. The van der Waals surface area contributed by atoms with Crippen molar-refractivity contribution in [1.82, 2.24) is 5.32 Å². The Labute approximate surface area is 122 Å². The molecular weight excluding hydrogens is 282 g/mol. The smallest absolute Gasteiger partial charge is 0.0541 e. The zero-order valence-corrected chi connectivity index (χ0v) is 12.5. The van der Waals surface area contributed by atoms with Crippen LogP contribution in [0, 0.1) is 0 Å². The number of nitrogens with one attached hydrogen (secondary N) is 1. The quantitative estimate of drug-likeness (QED) is 0.603. The molecule has 0 bridgehead atoms. The molecule has 1 aromatic heterocycles. The maximum atomic E-state index is 6.09. The van der Waals surface area contributed by atoms with Crippen LogP contribution in [0.2, 0.25) is 5.02 Å². The first-order valence-electron chi connectivity index (χ1n) is 5.95. The lowest BCUT2D eigenvalue weighted by Gasteiger charge is -2.05. The van der Waals surface area contributed by atoms with Crippen molar-refractivity contribution < 1.29 is 0 Å². The minimum atomic E-state index is 0.848. The third-order valence-electron chi connectivity index (χ3n) is 2.54. The first-order valence-corrected chi connectivity index (χ1v) is 8.26. The largest absolute Gasteiger partial charge is 0.316 e. The molecule has 0 amide bonds. The van der Waals surface area contributed by atoms with E-state index in [4.69, 9.17) is 11.6 Å². The molecule has 1 N–H and O–H groups in total. The second kappa shape index (κ2) is 7.85. The van der Waals surface area contributed by atoms with Crippen LogP contribution < -0.4 is 5.32 Å². The molecule has 0 atom stereocenters. The summed E-state index contributed by atoms with van der Waals surface area (Å²) in [4.78, 5) is 1.17. The standard InChI is InChI=1S/C14H16ClNS2/c15-13-3-1-2-4-14(13)18-10-8-16-7-5-12-6-9-17-11-12/h1-4,6,9,11,16H,5,7-8,10H2. The van der Waals surface area contributed by atoms with Crippen molar-refractivity contribution in [3.63, 3.8) is 0 Å². The Kier molecular flexibility index (Phi) is 6.08. The molecule has 0 saturated carbocycles. The summed E-state index contributed by atoms with van der Waals surface area (Å²) in [5.41, 5.74) is 1.42. The summed E-state index contributed by atoms with van der Waals surface area (Å²) in [7, 11) is 0. The van der Waals surface area contributed by atoms with Crippen LogP contribution in [-0.2, 0) is 6.42 Å². The van der Waals surface area contributed by atoms with Gasteiger partial charge in [-0.1, -0.05) is 23.7 Å². The van der Waals surface area contributed by atoms with E-state index < -0.39 is 0 Å². The normalized spacial score (nSPS) is 10.7. The number of hydrogen-bond donors (Lipinski definition) is 1. The number of rotatable bonds is 7. The van der Waals surface area contributed by atoms with E-state index in [2.05, 4.69) is 28.2 Å². The average Bonchev–Trinajstić information content (AvgIpc) is 2.89. The van der Waals surface area contributed by atoms with Crippen LogP contribution >= 0.6 is 34.7 Å². The lowest BCUT2D eigenvalue weighted by molar-refractivity contribution is 0.722. The van der Waals surface area contributed by atoms with Crippen LogP contribution in [0.4, 0.5) is 0 Å². The monoisotopic (exact) mass is 297 g/mol. The minimum absolute atomic E-state index is 0.848. The Bertz CT molecular complexity index is 457. The molecule has 0 aliphatic heterocycles. The van der Waals surface area contributed by atoms with Crippen molar-refractivity contribution in [2.75, 3.05) is 18.8 Å². The third-order valence-corrected chi connectivity index (χ3v) is 4.79. The van der Waals surface area contributed by atoms with Gasteiger partial charge in [0.1, 0.15) is 0 Å². The fourth-order valence-electron chi connectivity index (χ4n) is 1.59. The number of hydrogen-bond acceptors (Lipinski definition) is 3. The van der Waals surface area contributed by atoms with Gasteiger partial charge in [0, 0.05) is 17.2 Å². The molecule has 1 heterocycles. The predicted molar refractivity (Wildman–Crippen MR) is 83.1 cm³/mol. The third kappa shape index (κ3) is 4.65. The second-order valence-electron chi connectivity index (χ2n) is 3.91. The Morgan fingerprint density at radius 3 is 2.83 bits per heavy atom. The van der Waals surface area contributed by atoms with Gasteiger partial charge in [0.2, 0.25) is 0 Å². The molecule has 2 rings (SSSR count).